The van der Waals surface area contributed by atoms with E-state index in [0.29, 0.717) is 24.2 Å². The van der Waals surface area contributed by atoms with E-state index in [1.54, 1.807) is 24.3 Å². The van der Waals surface area contributed by atoms with Crippen molar-refractivity contribution in [2.75, 3.05) is 25.0 Å². The topological polar surface area (TPSA) is 79.9 Å². The molecule has 0 aliphatic carbocycles. The molecule has 1 amide bonds. The van der Waals surface area contributed by atoms with E-state index in [4.69, 9.17) is 10.5 Å². The van der Waals surface area contributed by atoms with Crippen molar-refractivity contribution in [2.24, 2.45) is 5.92 Å². The number of amides is 1. The summed E-state index contributed by atoms with van der Waals surface area (Å²) in [6.45, 7) is 2.38. The van der Waals surface area contributed by atoms with Crippen LogP contribution in [0.15, 0.2) is 24.3 Å². The minimum absolute atomic E-state index is 0.00764. The van der Waals surface area contributed by atoms with Crippen LogP contribution >= 0.6 is 0 Å². The van der Waals surface area contributed by atoms with Gasteiger partial charge in [-0.15, -0.1) is 0 Å². The Bertz CT molecular complexity index is 585. The van der Waals surface area contributed by atoms with Crippen LogP contribution in [0.1, 0.15) is 24.8 Å². The molecule has 1 aliphatic heterocycles. The van der Waals surface area contributed by atoms with E-state index >= 15 is 0 Å². The molecule has 1 aliphatic rings. The molecule has 5 nitrogen and oxygen atoms in total. The van der Waals surface area contributed by atoms with Gasteiger partial charge in [0, 0.05) is 25.2 Å². The van der Waals surface area contributed by atoms with Crippen molar-refractivity contribution in [1.82, 2.24) is 4.90 Å². The lowest BCUT2D eigenvalue weighted by molar-refractivity contribution is -0.121. The lowest BCUT2D eigenvalue weighted by Crippen LogP contribution is -2.41. The lowest BCUT2D eigenvalue weighted by Gasteiger charge is -2.31. The van der Waals surface area contributed by atoms with Gasteiger partial charge in [0.25, 0.3) is 0 Å². The highest BCUT2D eigenvalue weighted by Gasteiger charge is 2.25. The number of anilines is 1. The van der Waals surface area contributed by atoms with Crippen molar-refractivity contribution in [3.05, 3.63) is 29.8 Å². The number of likely N-dealkylation sites (tertiary alicyclic amines) is 1. The third kappa shape index (κ3) is 4.30. The summed E-state index contributed by atoms with van der Waals surface area (Å²) in [5, 5.41) is 20.4. The lowest BCUT2D eigenvalue weighted by atomic mass is 9.97. The fourth-order valence-electron chi connectivity index (χ4n) is 2.59. The van der Waals surface area contributed by atoms with Crippen molar-refractivity contribution in [1.29, 1.82) is 10.5 Å². The first-order valence-electron chi connectivity index (χ1n) is 7.13. The average Bonchev–Trinajstić information content (AvgIpc) is 2.53. The largest absolute Gasteiger partial charge is 0.326 e. The summed E-state index contributed by atoms with van der Waals surface area (Å²) >= 11 is 0. The van der Waals surface area contributed by atoms with E-state index < -0.39 is 0 Å². The van der Waals surface area contributed by atoms with E-state index in [-0.39, 0.29) is 11.8 Å². The second-order valence-corrected chi connectivity index (χ2v) is 5.23. The number of carbonyl (C=O) groups is 1. The van der Waals surface area contributed by atoms with Gasteiger partial charge in [-0.1, -0.05) is 6.07 Å². The number of piperidine rings is 1. The molecule has 1 aromatic carbocycles. The first-order valence-corrected chi connectivity index (χ1v) is 7.13. The molecule has 0 saturated carbocycles. The second kappa shape index (κ2) is 7.42. The molecule has 108 valence electrons. The molecule has 1 aromatic rings. The number of nitrogens with one attached hydrogen (secondary N) is 1. The fourth-order valence-corrected chi connectivity index (χ4v) is 2.59. The van der Waals surface area contributed by atoms with E-state index in [0.717, 1.165) is 25.9 Å². The Labute approximate surface area is 124 Å². The van der Waals surface area contributed by atoms with Gasteiger partial charge < -0.3 is 10.2 Å². The van der Waals surface area contributed by atoms with Crippen molar-refractivity contribution in [3.63, 3.8) is 0 Å². The molecule has 0 spiro atoms. The number of carbonyl (C=O) groups excluding carboxylic acids is 1. The number of hydrogen-bond acceptors (Lipinski definition) is 4. The van der Waals surface area contributed by atoms with E-state index in [1.807, 2.05) is 0 Å². The molecule has 5 heteroatoms. The third-order valence-electron chi connectivity index (χ3n) is 3.68. The Kier molecular flexibility index (Phi) is 5.31. The standard InChI is InChI=1S/C16H18N4O/c17-7-3-9-20-8-2-5-14(12-20)16(21)19-15-6-1-4-13(10-15)11-18/h1,4,6,10,14H,2-3,5,8-9,12H2,(H,19,21). The Morgan fingerprint density at radius 1 is 1.43 bits per heavy atom. The summed E-state index contributed by atoms with van der Waals surface area (Å²) in [5.41, 5.74) is 1.19. The number of nitriles is 2. The van der Waals surface area contributed by atoms with E-state index in [1.165, 1.54) is 0 Å². The van der Waals surface area contributed by atoms with Gasteiger partial charge >= 0.3 is 0 Å². The van der Waals surface area contributed by atoms with Gasteiger partial charge in [0.2, 0.25) is 5.91 Å². The molecule has 0 aromatic heterocycles. The van der Waals surface area contributed by atoms with Gasteiger partial charge in [0.05, 0.1) is 23.6 Å². The van der Waals surface area contributed by atoms with Crippen LogP contribution in [0.2, 0.25) is 0 Å². The van der Waals surface area contributed by atoms with Crippen molar-refractivity contribution >= 4 is 11.6 Å². The molecule has 0 bridgehead atoms. The summed E-state index contributed by atoms with van der Waals surface area (Å²) in [6, 6.07) is 11.1. The zero-order chi connectivity index (χ0) is 15.1. The maximum atomic E-state index is 12.3. The summed E-state index contributed by atoms with van der Waals surface area (Å²) in [4.78, 5) is 14.5. The molecule has 1 heterocycles. The SMILES string of the molecule is N#CCCN1CCCC(C(=O)Nc2cccc(C#N)c2)C1. The Hall–Kier alpha value is -2.37. The quantitative estimate of drug-likeness (QED) is 0.917. The van der Waals surface area contributed by atoms with Crippen LogP contribution in [-0.2, 0) is 4.79 Å². The molecular formula is C16H18N4O. The molecule has 1 atom stereocenters. The van der Waals surface area contributed by atoms with Crippen LogP contribution in [0.4, 0.5) is 5.69 Å². The summed E-state index contributed by atoms with van der Waals surface area (Å²) < 4.78 is 0. The van der Waals surface area contributed by atoms with Crippen LogP contribution < -0.4 is 5.32 Å². The van der Waals surface area contributed by atoms with Crippen LogP contribution in [-0.4, -0.2) is 30.4 Å². The molecule has 21 heavy (non-hydrogen) atoms. The van der Waals surface area contributed by atoms with Crippen molar-refractivity contribution in [2.45, 2.75) is 19.3 Å². The smallest absolute Gasteiger partial charge is 0.228 e. The monoisotopic (exact) mass is 282 g/mol. The maximum absolute atomic E-state index is 12.3. The summed E-state index contributed by atoms with van der Waals surface area (Å²) in [5.74, 6) is -0.0602. The first kappa shape index (κ1) is 15.0. The normalized spacial score (nSPS) is 18.5. The van der Waals surface area contributed by atoms with Crippen LogP contribution in [0.3, 0.4) is 0 Å². The highest BCUT2D eigenvalue weighted by molar-refractivity contribution is 5.92. The van der Waals surface area contributed by atoms with Crippen LogP contribution in [0, 0.1) is 28.6 Å². The zero-order valence-corrected chi connectivity index (χ0v) is 11.9. The second-order valence-electron chi connectivity index (χ2n) is 5.23. The number of nitrogens with zero attached hydrogens (tertiary/aromatic N) is 3. The zero-order valence-electron chi connectivity index (χ0n) is 11.9. The van der Waals surface area contributed by atoms with Gasteiger partial charge in [0.15, 0.2) is 0 Å². The van der Waals surface area contributed by atoms with Gasteiger partial charge in [-0.25, -0.2) is 0 Å². The molecular weight excluding hydrogens is 264 g/mol. The molecule has 0 radical (unpaired) electrons. The molecule has 1 fully saturated rings. The maximum Gasteiger partial charge on any atom is 0.228 e. The average molecular weight is 282 g/mol. The van der Waals surface area contributed by atoms with Crippen molar-refractivity contribution < 1.29 is 4.79 Å². The molecule has 1 unspecified atom stereocenters. The Balaban J connectivity index is 1.93. The minimum Gasteiger partial charge on any atom is -0.326 e. The minimum atomic E-state index is -0.0526. The van der Waals surface area contributed by atoms with Crippen LogP contribution in [0.5, 0.6) is 0 Å². The predicted octanol–water partition coefficient (Wildman–Crippen LogP) is 2.12. The number of hydrogen-bond donors (Lipinski definition) is 1. The van der Waals surface area contributed by atoms with Gasteiger partial charge in [-0.2, -0.15) is 10.5 Å². The van der Waals surface area contributed by atoms with Crippen molar-refractivity contribution in [3.8, 4) is 12.1 Å². The number of benzene rings is 1. The predicted molar refractivity (Wildman–Crippen MR) is 79.2 cm³/mol. The van der Waals surface area contributed by atoms with Crippen LogP contribution in [0.25, 0.3) is 0 Å². The number of rotatable bonds is 4. The highest BCUT2D eigenvalue weighted by atomic mass is 16.1. The third-order valence-corrected chi connectivity index (χ3v) is 3.68. The first-order chi connectivity index (χ1) is 10.2. The molecule has 1 N–H and O–H groups in total. The molecule has 1 saturated heterocycles. The summed E-state index contributed by atoms with van der Waals surface area (Å²) in [6.07, 6.45) is 2.34. The molecule has 2 rings (SSSR count). The van der Waals surface area contributed by atoms with Gasteiger partial charge in [-0.3, -0.25) is 4.79 Å². The summed E-state index contributed by atoms with van der Waals surface area (Å²) in [7, 11) is 0. The van der Waals surface area contributed by atoms with E-state index in [2.05, 4.69) is 22.4 Å². The fraction of sp³-hybridized carbons (Fsp3) is 0.438. The Morgan fingerprint density at radius 2 is 2.29 bits per heavy atom. The Morgan fingerprint density at radius 3 is 3.05 bits per heavy atom. The van der Waals surface area contributed by atoms with E-state index in [9.17, 15) is 4.79 Å². The van der Waals surface area contributed by atoms with Gasteiger partial charge in [0.1, 0.15) is 0 Å². The highest BCUT2D eigenvalue weighted by Crippen LogP contribution is 2.19. The van der Waals surface area contributed by atoms with Gasteiger partial charge in [-0.05, 0) is 37.6 Å².